The number of benzene rings is 2. The van der Waals surface area contributed by atoms with E-state index in [4.69, 9.17) is 4.65 Å². The first-order valence-corrected chi connectivity index (χ1v) is 7.82. The molecule has 0 saturated carbocycles. The normalized spacial score (nSPS) is 24.3. The van der Waals surface area contributed by atoms with Gasteiger partial charge in [-0.2, -0.15) is 0 Å². The zero-order valence-electron chi connectivity index (χ0n) is 12.6. The molecule has 21 heavy (non-hydrogen) atoms. The third kappa shape index (κ3) is 3.37. The maximum absolute atomic E-state index is 6.04. The van der Waals surface area contributed by atoms with E-state index in [-0.39, 0.29) is 0 Å². The van der Waals surface area contributed by atoms with Gasteiger partial charge in [0, 0.05) is 6.04 Å². The molecule has 2 saturated heterocycles. The zero-order chi connectivity index (χ0) is 14.5. The summed E-state index contributed by atoms with van der Waals surface area (Å²) in [7, 11) is 0.294. The third-order valence-corrected chi connectivity index (χ3v) is 4.30. The van der Waals surface area contributed by atoms with Gasteiger partial charge in [0.05, 0.1) is 6.10 Å². The summed E-state index contributed by atoms with van der Waals surface area (Å²) in [5.74, 6) is 0. The van der Waals surface area contributed by atoms with Crippen LogP contribution in [0.25, 0.3) is 0 Å². The SMILES string of the molecule is CB1OC(c2ccccc2)[C@H]2CCCN12.c1ccccc1. The molecule has 0 aromatic heterocycles. The van der Waals surface area contributed by atoms with E-state index in [0.717, 1.165) is 0 Å². The van der Waals surface area contributed by atoms with Gasteiger partial charge in [0.25, 0.3) is 0 Å². The highest BCUT2D eigenvalue weighted by atomic mass is 16.5. The predicted molar refractivity (Wildman–Crippen MR) is 88.1 cm³/mol. The smallest absolute Gasteiger partial charge is 0.379 e. The van der Waals surface area contributed by atoms with Crippen molar-refractivity contribution in [1.82, 2.24) is 4.81 Å². The van der Waals surface area contributed by atoms with Crippen molar-refractivity contribution in [1.29, 1.82) is 0 Å². The van der Waals surface area contributed by atoms with Gasteiger partial charge in [-0.15, -0.1) is 0 Å². The van der Waals surface area contributed by atoms with E-state index in [1.807, 2.05) is 36.4 Å². The highest BCUT2D eigenvalue weighted by Gasteiger charge is 2.45. The van der Waals surface area contributed by atoms with Crippen LogP contribution in [0, 0.1) is 0 Å². The van der Waals surface area contributed by atoms with E-state index < -0.39 is 0 Å². The van der Waals surface area contributed by atoms with Crippen molar-refractivity contribution in [3.05, 3.63) is 72.3 Å². The molecule has 2 aliphatic heterocycles. The maximum atomic E-state index is 6.04. The second kappa shape index (κ2) is 6.92. The van der Waals surface area contributed by atoms with E-state index in [2.05, 4.69) is 42.0 Å². The summed E-state index contributed by atoms with van der Waals surface area (Å²) < 4.78 is 6.04. The Morgan fingerprint density at radius 3 is 2.14 bits per heavy atom. The predicted octanol–water partition coefficient (Wildman–Crippen LogP) is 4.03. The van der Waals surface area contributed by atoms with Crippen LogP contribution in [0.5, 0.6) is 0 Å². The van der Waals surface area contributed by atoms with Gasteiger partial charge in [-0.05, 0) is 31.8 Å². The highest BCUT2D eigenvalue weighted by molar-refractivity contribution is 6.47. The van der Waals surface area contributed by atoms with E-state index in [0.29, 0.717) is 19.2 Å². The van der Waals surface area contributed by atoms with Crippen molar-refractivity contribution >= 4 is 7.05 Å². The minimum absolute atomic E-state index is 0.294. The summed E-state index contributed by atoms with van der Waals surface area (Å²) >= 11 is 0. The summed E-state index contributed by atoms with van der Waals surface area (Å²) in [6.45, 7) is 3.37. The van der Waals surface area contributed by atoms with Gasteiger partial charge in [0.2, 0.25) is 0 Å². The molecule has 3 heteroatoms. The third-order valence-electron chi connectivity index (χ3n) is 4.30. The van der Waals surface area contributed by atoms with Crippen LogP contribution in [0.4, 0.5) is 0 Å². The average Bonchev–Trinajstić information content (AvgIpc) is 3.15. The topological polar surface area (TPSA) is 12.5 Å². The number of hydrogen-bond acceptors (Lipinski definition) is 2. The van der Waals surface area contributed by atoms with Crippen molar-refractivity contribution in [3.63, 3.8) is 0 Å². The van der Waals surface area contributed by atoms with Crippen molar-refractivity contribution in [2.75, 3.05) is 6.54 Å². The van der Waals surface area contributed by atoms with Crippen molar-refractivity contribution in [3.8, 4) is 0 Å². The number of fused-ring (bicyclic) bond motifs is 1. The Labute approximate surface area is 127 Å². The summed E-state index contributed by atoms with van der Waals surface area (Å²) in [6, 6.07) is 23.2. The van der Waals surface area contributed by atoms with Gasteiger partial charge >= 0.3 is 7.05 Å². The first-order valence-electron chi connectivity index (χ1n) is 7.82. The fraction of sp³-hybridized carbons (Fsp3) is 0.333. The first kappa shape index (κ1) is 14.4. The molecule has 2 atom stereocenters. The molecule has 0 radical (unpaired) electrons. The molecule has 2 aliphatic rings. The Balaban J connectivity index is 0.000000186. The van der Waals surface area contributed by atoms with Crippen LogP contribution in [0.2, 0.25) is 6.82 Å². The van der Waals surface area contributed by atoms with Crippen molar-refractivity contribution in [2.24, 2.45) is 0 Å². The molecule has 2 heterocycles. The van der Waals surface area contributed by atoms with Gasteiger partial charge in [-0.25, -0.2) is 0 Å². The quantitative estimate of drug-likeness (QED) is 0.731. The summed E-state index contributed by atoms with van der Waals surface area (Å²) in [5, 5.41) is 0. The minimum Gasteiger partial charge on any atom is -0.413 e. The molecule has 0 spiro atoms. The lowest BCUT2D eigenvalue weighted by Gasteiger charge is -2.19. The lowest BCUT2D eigenvalue weighted by molar-refractivity contribution is 0.206. The second-order valence-electron chi connectivity index (χ2n) is 5.67. The number of rotatable bonds is 1. The Bertz CT molecular complexity index is 507. The van der Waals surface area contributed by atoms with Gasteiger partial charge in [-0.1, -0.05) is 66.7 Å². The highest BCUT2D eigenvalue weighted by Crippen LogP contribution is 2.38. The molecule has 1 unspecified atom stereocenters. The summed E-state index contributed by atoms with van der Waals surface area (Å²) in [4.78, 5) is 2.50. The van der Waals surface area contributed by atoms with E-state index in [9.17, 15) is 0 Å². The Hall–Kier alpha value is -1.58. The molecule has 2 fully saturated rings. The van der Waals surface area contributed by atoms with Crippen LogP contribution in [-0.2, 0) is 4.65 Å². The van der Waals surface area contributed by atoms with Gasteiger partial charge in [-0.3, -0.25) is 0 Å². The number of nitrogens with zero attached hydrogens (tertiary/aromatic N) is 1. The molecule has 4 rings (SSSR count). The second-order valence-corrected chi connectivity index (χ2v) is 5.67. The fourth-order valence-electron chi connectivity index (χ4n) is 3.30. The molecule has 0 bridgehead atoms. The molecule has 0 N–H and O–H groups in total. The van der Waals surface area contributed by atoms with Gasteiger partial charge in [0.1, 0.15) is 0 Å². The van der Waals surface area contributed by atoms with Crippen LogP contribution in [-0.4, -0.2) is 24.4 Å². The van der Waals surface area contributed by atoms with Gasteiger partial charge < -0.3 is 9.47 Å². The Kier molecular flexibility index (Phi) is 4.74. The molecular weight excluding hydrogens is 257 g/mol. The monoisotopic (exact) mass is 279 g/mol. The van der Waals surface area contributed by atoms with Crippen molar-refractivity contribution in [2.45, 2.75) is 31.8 Å². The summed E-state index contributed by atoms with van der Waals surface area (Å²) in [6.07, 6.45) is 2.90. The van der Waals surface area contributed by atoms with Crippen LogP contribution in [0.3, 0.4) is 0 Å². The molecule has 2 nitrogen and oxygen atoms in total. The minimum atomic E-state index is 0.294. The van der Waals surface area contributed by atoms with E-state index in [1.165, 1.54) is 24.9 Å². The zero-order valence-corrected chi connectivity index (χ0v) is 12.6. The van der Waals surface area contributed by atoms with Crippen LogP contribution in [0.1, 0.15) is 24.5 Å². The standard InChI is InChI=1S/C12H16BNO.C6H6/c1-13-14-9-5-8-11(14)12(15-13)10-6-3-2-4-7-10;1-2-4-6-5-3-1/h2-4,6-7,11-12H,5,8-9H2,1H3;1-6H/t11-,12?;/m1./s1. The Morgan fingerprint density at radius 2 is 1.52 bits per heavy atom. The van der Waals surface area contributed by atoms with Crippen LogP contribution in [0.15, 0.2) is 66.7 Å². The van der Waals surface area contributed by atoms with Gasteiger partial charge in [0.15, 0.2) is 0 Å². The molecule has 2 aromatic rings. The molecule has 0 amide bonds. The first-order chi connectivity index (χ1) is 10.4. The molecule has 108 valence electrons. The van der Waals surface area contributed by atoms with E-state index in [1.54, 1.807) is 0 Å². The largest absolute Gasteiger partial charge is 0.413 e. The molecule has 2 aromatic carbocycles. The Morgan fingerprint density at radius 1 is 0.952 bits per heavy atom. The molecular formula is C18H22BNO. The van der Waals surface area contributed by atoms with Crippen LogP contribution < -0.4 is 0 Å². The maximum Gasteiger partial charge on any atom is 0.379 e. The van der Waals surface area contributed by atoms with Crippen LogP contribution >= 0.6 is 0 Å². The number of hydrogen-bond donors (Lipinski definition) is 0. The van der Waals surface area contributed by atoms with E-state index >= 15 is 0 Å². The lowest BCUT2D eigenvalue weighted by atomic mass is 9.86. The van der Waals surface area contributed by atoms with Crippen molar-refractivity contribution < 1.29 is 4.65 Å². The average molecular weight is 279 g/mol. The summed E-state index contributed by atoms with van der Waals surface area (Å²) in [5.41, 5.74) is 1.33. The molecule has 0 aliphatic carbocycles. The lowest BCUT2D eigenvalue weighted by Crippen LogP contribution is -2.33. The fourth-order valence-corrected chi connectivity index (χ4v) is 3.30.